The number of aromatic nitrogens is 2. The summed E-state index contributed by atoms with van der Waals surface area (Å²) in [6.45, 7) is 8.56. The van der Waals surface area contributed by atoms with Gasteiger partial charge in [0.15, 0.2) is 0 Å². The van der Waals surface area contributed by atoms with Crippen molar-refractivity contribution in [3.63, 3.8) is 0 Å². The number of hydrogen-bond acceptors (Lipinski definition) is 1. The van der Waals surface area contributed by atoms with Gasteiger partial charge in [-0.2, -0.15) is 5.10 Å². The maximum atomic E-state index is 4.43. The lowest BCUT2D eigenvalue weighted by atomic mass is 9.96. The molecular formula is C12H20N2. The molecule has 0 fully saturated rings. The molecule has 0 spiro atoms. The average molecular weight is 192 g/mol. The summed E-state index contributed by atoms with van der Waals surface area (Å²) < 4.78 is 1.97. The second kappa shape index (κ2) is 4.45. The van der Waals surface area contributed by atoms with Crippen molar-refractivity contribution in [2.24, 2.45) is 7.05 Å². The lowest BCUT2D eigenvalue weighted by molar-refractivity contribution is 0.723. The summed E-state index contributed by atoms with van der Waals surface area (Å²) in [5.74, 6) is 0.569. The Balaban J connectivity index is 2.93. The SMILES string of the molecule is C/C=C\CC(C)c1c(C)nn(C)c1C. The van der Waals surface area contributed by atoms with Crippen molar-refractivity contribution in [3.8, 4) is 0 Å². The summed E-state index contributed by atoms with van der Waals surface area (Å²) in [5.41, 5.74) is 3.87. The van der Waals surface area contributed by atoms with Crippen LogP contribution in [0.15, 0.2) is 12.2 Å². The Labute approximate surface area is 86.6 Å². The van der Waals surface area contributed by atoms with Crippen molar-refractivity contribution in [3.05, 3.63) is 29.1 Å². The van der Waals surface area contributed by atoms with Crippen molar-refractivity contribution < 1.29 is 0 Å². The van der Waals surface area contributed by atoms with E-state index in [9.17, 15) is 0 Å². The fraction of sp³-hybridized carbons (Fsp3) is 0.583. The highest BCUT2D eigenvalue weighted by molar-refractivity contribution is 5.28. The Bertz CT molecular complexity index is 334. The first kappa shape index (κ1) is 11.0. The van der Waals surface area contributed by atoms with E-state index in [-0.39, 0.29) is 0 Å². The fourth-order valence-electron chi connectivity index (χ4n) is 1.96. The number of rotatable bonds is 3. The van der Waals surface area contributed by atoms with Crippen LogP contribution < -0.4 is 0 Å². The van der Waals surface area contributed by atoms with E-state index in [1.807, 2.05) is 11.7 Å². The molecular weight excluding hydrogens is 172 g/mol. The minimum atomic E-state index is 0.569. The van der Waals surface area contributed by atoms with Gasteiger partial charge in [0.05, 0.1) is 5.69 Å². The maximum absolute atomic E-state index is 4.43. The molecule has 1 rings (SSSR count). The van der Waals surface area contributed by atoms with Gasteiger partial charge in [-0.05, 0) is 38.7 Å². The van der Waals surface area contributed by atoms with Gasteiger partial charge < -0.3 is 0 Å². The second-order valence-corrected chi connectivity index (χ2v) is 3.91. The molecule has 1 atom stereocenters. The van der Waals surface area contributed by atoms with Gasteiger partial charge in [0.1, 0.15) is 0 Å². The zero-order valence-electron chi connectivity index (χ0n) is 9.83. The Hall–Kier alpha value is -1.05. The normalized spacial score (nSPS) is 13.8. The van der Waals surface area contributed by atoms with Gasteiger partial charge in [0, 0.05) is 12.7 Å². The summed E-state index contributed by atoms with van der Waals surface area (Å²) in [4.78, 5) is 0. The largest absolute Gasteiger partial charge is 0.272 e. The minimum Gasteiger partial charge on any atom is -0.272 e. The van der Waals surface area contributed by atoms with Crippen LogP contribution in [-0.4, -0.2) is 9.78 Å². The highest BCUT2D eigenvalue weighted by Crippen LogP contribution is 2.25. The molecule has 0 saturated carbocycles. The number of allylic oxidation sites excluding steroid dienone is 2. The minimum absolute atomic E-state index is 0.569. The summed E-state index contributed by atoms with van der Waals surface area (Å²) in [6.07, 6.45) is 5.43. The molecule has 0 N–H and O–H groups in total. The second-order valence-electron chi connectivity index (χ2n) is 3.91. The molecule has 0 radical (unpaired) electrons. The van der Waals surface area contributed by atoms with E-state index in [2.05, 4.69) is 44.9 Å². The van der Waals surface area contributed by atoms with E-state index in [1.54, 1.807) is 0 Å². The average Bonchev–Trinajstić information content (AvgIpc) is 2.38. The summed E-state index contributed by atoms with van der Waals surface area (Å²) >= 11 is 0. The topological polar surface area (TPSA) is 17.8 Å². The maximum Gasteiger partial charge on any atom is 0.0631 e. The van der Waals surface area contributed by atoms with Gasteiger partial charge in [-0.25, -0.2) is 0 Å². The Morgan fingerprint density at radius 1 is 1.43 bits per heavy atom. The van der Waals surface area contributed by atoms with Crippen LogP contribution in [0.25, 0.3) is 0 Å². The van der Waals surface area contributed by atoms with Crippen LogP contribution >= 0.6 is 0 Å². The quantitative estimate of drug-likeness (QED) is 0.673. The third-order valence-electron chi connectivity index (χ3n) is 2.78. The van der Waals surface area contributed by atoms with Gasteiger partial charge in [0.25, 0.3) is 0 Å². The van der Waals surface area contributed by atoms with Crippen LogP contribution in [0.4, 0.5) is 0 Å². The van der Waals surface area contributed by atoms with Crippen LogP contribution in [0.2, 0.25) is 0 Å². The van der Waals surface area contributed by atoms with Crippen molar-refractivity contribution in [2.75, 3.05) is 0 Å². The van der Waals surface area contributed by atoms with E-state index in [4.69, 9.17) is 0 Å². The van der Waals surface area contributed by atoms with Crippen LogP contribution in [0.1, 0.15) is 43.1 Å². The molecule has 0 aliphatic rings. The first-order valence-corrected chi connectivity index (χ1v) is 5.19. The van der Waals surface area contributed by atoms with Crippen LogP contribution in [0.5, 0.6) is 0 Å². The third kappa shape index (κ3) is 2.06. The first-order valence-electron chi connectivity index (χ1n) is 5.19. The summed E-state index contributed by atoms with van der Waals surface area (Å²) in [5, 5.41) is 4.43. The van der Waals surface area contributed by atoms with Crippen molar-refractivity contribution in [2.45, 2.75) is 40.0 Å². The third-order valence-corrected chi connectivity index (χ3v) is 2.78. The number of nitrogens with zero attached hydrogens (tertiary/aromatic N) is 2. The highest BCUT2D eigenvalue weighted by atomic mass is 15.3. The van der Waals surface area contributed by atoms with E-state index < -0.39 is 0 Å². The summed E-state index contributed by atoms with van der Waals surface area (Å²) in [6, 6.07) is 0. The predicted octanol–water partition coefficient (Wildman–Crippen LogP) is 3.11. The van der Waals surface area contributed by atoms with Crippen LogP contribution in [0.3, 0.4) is 0 Å². The molecule has 78 valence electrons. The van der Waals surface area contributed by atoms with Crippen LogP contribution in [-0.2, 0) is 7.05 Å². The van der Waals surface area contributed by atoms with Gasteiger partial charge in [-0.1, -0.05) is 19.1 Å². The molecule has 0 aromatic carbocycles. The monoisotopic (exact) mass is 192 g/mol. The molecule has 1 unspecified atom stereocenters. The highest BCUT2D eigenvalue weighted by Gasteiger charge is 2.14. The van der Waals surface area contributed by atoms with Crippen LogP contribution in [0, 0.1) is 13.8 Å². The lowest BCUT2D eigenvalue weighted by Crippen LogP contribution is -1.97. The zero-order chi connectivity index (χ0) is 10.7. The lowest BCUT2D eigenvalue weighted by Gasteiger charge is -2.09. The van der Waals surface area contributed by atoms with E-state index in [1.165, 1.54) is 17.0 Å². The van der Waals surface area contributed by atoms with E-state index in [0.29, 0.717) is 5.92 Å². The molecule has 1 aromatic rings. The standard InChI is InChI=1S/C12H20N2/c1-6-7-8-9(2)12-10(3)13-14(5)11(12)4/h6-7,9H,8H2,1-5H3/b7-6-. The van der Waals surface area contributed by atoms with E-state index in [0.717, 1.165) is 6.42 Å². The zero-order valence-corrected chi connectivity index (χ0v) is 9.83. The van der Waals surface area contributed by atoms with E-state index >= 15 is 0 Å². The first-order chi connectivity index (χ1) is 6.57. The Morgan fingerprint density at radius 2 is 2.07 bits per heavy atom. The smallest absolute Gasteiger partial charge is 0.0631 e. The number of hydrogen-bond donors (Lipinski definition) is 0. The van der Waals surface area contributed by atoms with Gasteiger partial charge >= 0.3 is 0 Å². The molecule has 2 heteroatoms. The Kier molecular flexibility index (Phi) is 3.50. The van der Waals surface area contributed by atoms with Crippen molar-refractivity contribution in [1.82, 2.24) is 9.78 Å². The molecule has 0 saturated heterocycles. The number of aryl methyl sites for hydroxylation is 2. The van der Waals surface area contributed by atoms with Crippen molar-refractivity contribution in [1.29, 1.82) is 0 Å². The molecule has 1 heterocycles. The van der Waals surface area contributed by atoms with Gasteiger partial charge in [-0.3, -0.25) is 4.68 Å². The fourth-order valence-corrected chi connectivity index (χ4v) is 1.96. The molecule has 0 aliphatic carbocycles. The van der Waals surface area contributed by atoms with Crippen molar-refractivity contribution >= 4 is 0 Å². The molecule has 0 bridgehead atoms. The molecule has 14 heavy (non-hydrogen) atoms. The summed E-state index contributed by atoms with van der Waals surface area (Å²) in [7, 11) is 2.01. The molecule has 0 amide bonds. The molecule has 0 aliphatic heterocycles. The molecule has 1 aromatic heterocycles. The molecule has 2 nitrogen and oxygen atoms in total. The predicted molar refractivity (Wildman–Crippen MR) is 60.5 cm³/mol. The Morgan fingerprint density at radius 3 is 2.50 bits per heavy atom. The van der Waals surface area contributed by atoms with Gasteiger partial charge in [-0.15, -0.1) is 0 Å². The van der Waals surface area contributed by atoms with Gasteiger partial charge in [0.2, 0.25) is 0 Å².